The Bertz CT molecular complexity index is 1700. The minimum atomic E-state index is -2.35. The molecule has 0 spiro atoms. The van der Waals surface area contributed by atoms with Crippen molar-refractivity contribution in [1.29, 1.82) is 0 Å². The number of aryl methyl sites for hydroxylation is 2. The third-order valence-corrected chi connectivity index (χ3v) is 14.7. The van der Waals surface area contributed by atoms with E-state index in [-0.39, 0.29) is 0 Å². The van der Waals surface area contributed by atoms with E-state index < -0.39 is 15.0 Å². The first-order valence-electron chi connectivity index (χ1n) is 13.9. The van der Waals surface area contributed by atoms with Crippen LogP contribution < -0.4 is 21.2 Å². The molecule has 5 aromatic carbocycles. The second kappa shape index (κ2) is 12.2. The molecule has 202 valence electrons. The summed E-state index contributed by atoms with van der Waals surface area (Å²) in [5.74, 6) is 0.926. The lowest BCUT2D eigenvalue weighted by molar-refractivity contribution is 0.834. The quantitative estimate of drug-likeness (QED) is 0.171. The Balaban J connectivity index is 1.67. The molecule has 5 heteroatoms. The summed E-state index contributed by atoms with van der Waals surface area (Å²) in [6.07, 6.45) is 0. The van der Waals surface area contributed by atoms with Gasteiger partial charge in [-0.15, -0.1) is 0 Å². The fraction of sp³-hybridized carbons (Fsp3) is 0.0833. The van der Waals surface area contributed by atoms with Crippen LogP contribution in [0.2, 0.25) is 0 Å². The number of benzene rings is 5. The van der Waals surface area contributed by atoms with Gasteiger partial charge in [0.05, 0.1) is 17.1 Å². The predicted molar refractivity (Wildman–Crippen MR) is 178 cm³/mol. The standard InChI is InChI=1S/C36H33N3P2/c1-29-27-30(2)39(37-29)36-26-16-15-25-35(36)38-41(33-21-11-5-12-22-33,34-23-13-6-14-24-34)28-40(31-17-7-3-8-18-31)32-19-9-4-10-20-32/h3-27H,28H2,1-2H3. The second-order valence-electron chi connectivity index (χ2n) is 10.1. The van der Waals surface area contributed by atoms with Crippen molar-refractivity contribution in [3.05, 3.63) is 163 Å². The average molecular weight is 570 g/mol. The fourth-order valence-electron chi connectivity index (χ4n) is 5.33. The third-order valence-electron chi connectivity index (χ3n) is 7.25. The molecule has 3 nitrogen and oxygen atoms in total. The summed E-state index contributed by atoms with van der Waals surface area (Å²) in [6.45, 7) is 4.15. The van der Waals surface area contributed by atoms with Crippen LogP contribution in [0.25, 0.3) is 5.69 Å². The van der Waals surface area contributed by atoms with Crippen LogP contribution in [-0.4, -0.2) is 15.7 Å². The van der Waals surface area contributed by atoms with E-state index in [1.165, 1.54) is 21.2 Å². The van der Waals surface area contributed by atoms with Gasteiger partial charge in [0, 0.05) is 18.7 Å². The maximum absolute atomic E-state index is 5.91. The molecule has 0 unspecified atom stereocenters. The van der Waals surface area contributed by atoms with Gasteiger partial charge in [-0.2, -0.15) is 5.10 Å². The molecule has 0 amide bonds. The molecule has 0 saturated heterocycles. The van der Waals surface area contributed by atoms with Gasteiger partial charge >= 0.3 is 0 Å². The summed E-state index contributed by atoms with van der Waals surface area (Å²) in [4.78, 5) is 0. The smallest absolute Gasteiger partial charge is 0.0904 e. The molecule has 0 aliphatic rings. The largest absolute Gasteiger partial charge is 0.256 e. The summed E-state index contributed by atoms with van der Waals surface area (Å²) in [5, 5.41) is 10.2. The van der Waals surface area contributed by atoms with E-state index in [1.807, 2.05) is 11.6 Å². The molecule has 0 fully saturated rings. The summed E-state index contributed by atoms with van der Waals surface area (Å²) >= 11 is 0. The van der Waals surface area contributed by atoms with E-state index in [0.717, 1.165) is 28.7 Å². The highest BCUT2D eigenvalue weighted by atomic mass is 31.2. The number of rotatable bonds is 8. The number of aromatic nitrogens is 2. The average Bonchev–Trinajstić information content (AvgIpc) is 3.38. The van der Waals surface area contributed by atoms with Crippen molar-refractivity contribution in [3.8, 4) is 5.69 Å². The lowest BCUT2D eigenvalue weighted by atomic mass is 10.2. The highest BCUT2D eigenvalue weighted by molar-refractivity contribution is 7.92. The summed E-state index contributed by atoms with van der Waals surface area (Å²) in [6, 6.07) is 54.5. The van der Waals surface area contributed by atoms with Crippen molar-refractivity contribution in [2.45, 2.75) is 13.8 Å². The van der Waals surface area contributed by atoms with Crippen LogP contribution >= 0.6 is 15.0 Å². The molecule has 0 aliphatic heterocycles. The van der Waals surface area contributed by atoms with Crippen molar-refractivity contribution < 1.29 is 0 Å². The molecule has 0 bridgehead atoms. The van der Waals surface area contributed by atoms with Gasteiger partial charge in [0.15, 0.2) is 0 Å². The summed E-state index contributed by atoms with van der Waals surface area (Å²) < 4.78 is 7.95. The van der Waals surface area contributed by atoms with Crippen molar-refractivity contribution in [1.82, 2.24) is 9.78 Å². The van der Waals surface area contributed by atoms with Crippen LogP contribution in [-0.2, 0) is 0 Å². The van der Waals surface area contributed by atoms with E-state index in [9.17, 15) is 0 Å². The second-order valence-corrected chi connectivity index (χ2v) is 15.9. The Morgan fingerprint density at radius 2 is 1.07 bits per heavy atom. The molecule has 0 saturated carbocycles. The van der Waals surface area contributed by atoms with E-state index in [4.69, 9.17) is 9.84 Å². The third kappa shape index (κ3) is 5.75. The van der Waals surface area contributed by atoms with Gasteiger partial charge in [-0.05, 0) is 61.2 Å². The van der Waals surface area contributed by atoms with E-state index >= 15 is 0 Å². The van der Waals surface area contributed by atoms with Crippen molar-refractivity contribution in [2.24, 2.45) is 4.74 Å². The zero-order valence-electron chi connectivity index (χ0n) is 23.4. The predicted octanol–water partition coefficient (Wildman–Crippen LogP) is 8.06. The lowest BCUT2D eigenvalue weighted by Crippen LogP contribution is -2.23. The normalized spacial score (nSPS) is 11.5. The Hall–Kier alpha value is -4.03. The first kappa shape index (κ1) is 27.2. The van der Waals surface area contributed by atoms with Gasteiger partial charge in [0.25, 0.3) is 0 Å². The molecular formula is C36H33N3P2. The highest BCUT2D eigenvalue weighted by Crippen LogP contribution is 2.59. The molecule has 0 aliphatic carbocycles. The van der Waals surface area contributed by atoms with Gasteiger partial charge in [-0.3, -0.25) is 4.74 Å². The Labute approximate surface area is 244 Å². The SMILES string of the molecule is Cc1cc(C)n(-c2ccccc2N=P(CP(c2ccccc2)c2ccccc2)(c2ccccc2)c2ccccc2)n1. The first-order valence-corrected chi connectivity index (χ1v) is 17.3. The maximum atomic E-state index is 5.91. The maximum Gasteiger partial charge on any atom is 0.0904 e. The number of hydrogen-bond acceptors (Lipinski definition) is 2. The van der Waals surface area contributed by atoms with Crippen LogP contribution in [0, 0.1) is 13.8 Å². The lowest BCUT2D eigenvalue weighted by Gasteiger charge is -2.31. The number of para-hydroxylation sites is 1. The molecule has 0 radical (unpaired) electrons. The van der Waals surface area contributed by atoms with Crippen LogP contribution in [0.3, 0.4) is 0 Å². The summed E-state index contributed by atoms with van der Waals surface area (Å²) in [7, 11) is -3.07. The molecule has 1 aromatic heterocycles. The number of nitrogens with zero attached hydrogens (tertiary/aromatic N) is 3. The van der Waals surface area contributed by atoms with Gasteiger partial charge in [0.2, 0.25) is 0 Å². The Morgan fingerprint density at radius 3 is 1.56 bits per heavy atom. The minimum Gasteiger partial charge on any atom is -0.256 e. The molecular weight excluding hydrogens is 536 g/mol. The van der Waals surface area contributed by atoms with Gasteiger partial charge in [-0.25, -0.2) is 4.68 Å². The van der Waals surface area contributed by atoms with E-state index in [1.54, 1.807) is 0 Å². The highest BCUT2D eigenvalue weighted by Gasteiger charge is 2.31. The van der Waals surface area contributed by atoms with Crippen molar-refractivity contribution >= 4 is 41.9 Å². The zero-order valence-corrected chi connectivity index (χ0v) is 25.2. The Morgan fingerprint density at radius 1 is 0.610 bits per heavy atom. The topological polar surface area (TPSA) is 30.2 Å². The first-order chi connectivity index (χ1) is 20.1. The summed E-state index contributed by atoms with van der Waals surface area (Å²) in [5.41, 5.74) is 4.08. The van der Waals surface area contributed by atoms with Crippen molar-refractivity contribution in [2.75, 3.05) is 5.90 Å². The van der Waals surface area contributed by atoms with Gasteiger partial charge in [0.1, 0.15) is 0 Å². The number of hydrogen-bond donors (Lipinski definition) is 0. The Kier molecular flexibility index (Phi) is 8.10. The molecule has 1 heterocycles. The van der Waals surface area contributed by atoms with Crippen LogP contribution in [0.1, 0.15) is 11.4 Å². The van der Waals surface area contributed by atoms with E-state index in [0.29, 0.717) is 0 Å². The molecule has 0 atom stereocenters. The minimum absolute atomic E-state index is 0.715. The zero-order chi connectivity index (χ0) is 28.1. The molecule has 41 heavy (non-hydrogen) atoms. The molecule has 6 rings (SSSR count). The van der Waals surface area contributed by atoms with Gasteiger partial charge < -0.3 is 0 Å². The van der Waals surface area contributed by atoms with Crippen LogP contribution in [0.4, 0.5) is 5.69 Å². The van der Waals surface area contributed by atoms with E-state index in [2.05, 4.69) is 159 Å². The monoisotopic (exact) mass is 569 g/mol. The molecule has 0 N–H and O–H groups in total. The van der Waals surface area contributed by atoms with Gasteiger partial charge in [-0.1, -0.05) is 133 Å². The van der Waals surface area contributed by atoms with Crippen LogP contribution in [0.5, 0.6) is 0 Å². The van der Waals surface area contributed by atoms with Crippen LogP contribution in [0.15, 0.2) is 156 Å². The molecule has 6 aromatic rings. The van der Waals surface area contributed by atoms with Crippen molar-refractivity contribution in [3.63, 3.8) is 0 Å². The fourth-order valence-corrected chi connectivity index (χ4v) is 13.6.